The number of sulfone groups is 1. The predicted molar refractivity (Wildman–Crippen MR) is 70.3 cm³/mol. The van der Waals surface area contributed by atoms with Gasteiger partial charge in [0, 0.05) is 24.4 Å². The van der Waals surface area contributed by atoms with Gasteiger partial charge < -0.3 is 4.90 Å². The third-order valence-electron chi connectivity index (χ3n) is 3.42. The number of aryl methyl sites for hydroxylation is 1. The molecule has 1 fully saturated rings. The lowest BCUT2D eigenvalue weighted by molar-refractivity contribution is 0.0658. The second kappa shape index (κ2) is 4.72. The molecule has 98 valence electrons. The molecule has 1 aromatic rings. The number of hydrogen-bond donors (Lipinski definition) is 0. The second-order valence-electron chi connectivity index (χ2n) is 4.60. The molecular weight excluding hydrogens is 250 g/mol. The standard InChI is InChI=1S/C13H17NO3S/c1-3-18(16,17)11-8-14(9-11)13(15)12-7-5-4-6-10(12)2/h4-7,11H,3,8-9H2,1-2H3. The van der Waals surface area contributed by atoms with Crippen molar-refractivity contribution in [3.05, 3.63) is 35.4 Å². The van der Waals surface area contributed by atoms with Crippen LogP contribution in [0.2, 0.25) is 0 Å². The number of benzene rings is 1. The van der Waals surface area contributed by atoms with Gasteiger partial charge in [-0.2, -0.15) is 0 Å². The molecule has 18 heavy (non-hydrogen) atoms. The first-order valence-electron chi connectivity index (χ1n) is 6.02. The number of hydrogen-bond acceptors (Lipinski definition) is 3. The first-order chi connectivity index (χ1) is 8.45. The third kappa shape index (κ3) is 2.27. The van der Waals surface area contributed by atoms with Crippen LogP contribution in [0.25, 0.3) is 0 Å². The lowest BCUT2D eigenvalue weighted by Crippen LogP contribution is -2.57. The molecule has 0 bridgehead atoms. The van der Waals surface area contributed by atoms with E-state index in [1.54, 1.807) is 17.9 Å². The first kappa shape index (κ1) is 13.1. The monoisotopic (exact) mass is 267 g/mol. The summed E-state index contributed by atoms with van der Waals surface area (Å²) in [6.45, 7) is 4.17. The van der Waals surface area contributed by atoms with E-state index in [-0.39, 0.29) is 16.9 Å². The number of nitrogens with zero attached hydrogens (tertiary/aromatic N) is 1. The summed E-state index contributed by atoms with van der Waals surface area (Å²) >= 11 is 0. The van der Waals surface area contributed by atoms with Crippen molar-refractivity contribution in [2.45, 2.75) is 19.1 Å². The Balaban J connectivity index is 2.06. The van der Waals surface area contributed by atoms with Crippen molar-refractivity contribution in [2.75, 3.05) is 18.8 Å². The highest BCUT2D eigenvalue weighted by Gasteiger charge is 2.39. The van der Waals surface area contributed by atoms with E-state index in [4.69, 9.17) is 0 Å². The van der Waals surface area contributed by atoms with Crippen molar-refractivity contribution >= 4 is 15.7 Å². The summed E-state index contributed by atoms with van der Waals surface area (Å²) < 4.78 is 23.2. The van der Waals surface area contributed by atoms with Gasteiger partial charge in [0.05, 0.1) is 5.25 Å². The van der Waals surface area contributed by atoms with E-state index in [2.05, 4.69) is 0 Å². The van der Waals surface area contributed by atoms with E-state index in [1.165, 1.54) is 0 Å². The minimum absolute atomic E-state index is 0.0735. The Kier molecular flexibility index (Phi) is 3.43. The molecule has 0 atom stereocenters. The number of carbonyl (C=O) groups is 1. The van der Waals surface area contributed by atoms with Crippen LogP contribution in [0.5, 0.6) is 0 Å². The van der Waals surface area contributed by atoms with E-state index in [0.717, 1.165) is 5.56 Å². The molecule has 0 spiro atoms. The van der Waals surface area contributed by atoms with E-state index in [0.29, 0.717) is 18.7 Å². The van der Waals surface area contributed by atoms with E-state index in [1.807, 2.05) is 25.1 Å². The lowest BCUT2D eigenvalue weighted by Gasteiger charge is -2.38. The van der Waals surface area contributed by atoms with Gasteiger partial charge in [0.15, 0.2) is 9.84 Å². The summed E-state index contributed by atoms with van der Waals surface area (Å²) in [5.74, 6) is 0.0694. The van der Waals surface area contributed by atoms with Gasteiger partial charge in [0.1, 0.15) is 0 Å². The Morgan fingerprint density at radius 1 is 1.33 bits per heavy atom. The fourth-order valence-corrected chi connectivity index (χ4v) is 3.34. The van der Waals surface area contributed by atoms with Crippen molar-refractivity contribution in [3.8, 4) is 0 Å². The maximum atomic E-state index is 12.1. The van der Waals surface area contributed by atoms with Crippen LogP contribution in [0, 0.1) is 6.92 Å². The average molecular weight is 267 g/mol. The molecule has 1 aliphatic rings. The Labute approximate surface area is 108 Å². The number of amides is 1. The third-order valence-corrected chi connectivity index (χ3v) is 5.54. The number of likely N-dealkylation sites (tertiary alicyclic amines) is 1. The van der Waals surface area contributed by atoms with Crippen molar-refractivity contribution in [2.24, 2.45) is 0 Å². The van der Waals surface area contributed by atoms with Gasteiger partial charge >= 0.3 is 0 Å². The zero-order valence-corrected chi connectivity index (χ0v) is 11.4. The van der Waals surface area contributed by atoms with E-state index in [9.17, 15) is 13.2 Å². The van der Waals surface area contributed by atoms with Crippen LogP contribution in [-0.2, 0) is 9.84 Å². The molecule has 0 aliphatic carbocycles. The molecule has 0 unspecified atom stereocenters. The highest BCUT2D eigenvalue weighted by Crippen LogP contribution is 2.21. The van der Waals surface area contributed by atoms with Crippen LogP contribution in [0.3, 0.4) is 0 Å². The Bertz CT molecular complexity index is 559. The van der Waals surface area contributed by atoms with Gasteiger partial charge in [0.25, 0.3) is 5.91 Å². The molecule has 2 rings (SSSR count). The maximum Gasteiger partial charge on any atom is 0.254 e. The Morgan fingerprint density at radius 2 is 1.94 bits per heavy atom. The number of rotatable bonds is 3. The molecular formula is C13H17NO3S. The SMILES string of the molecule is CCS(=O)(=O)C1CN(C(=O)c2ccccc2C)C1. The Morgan fingerprint density at radius 3 is 2.50 bits per heavy atom. The normalized spacial score (nSPS) is 16.4. The van der Waals surface area contributed by atoms with Gasteiger partial charge in [-0.05, 0) is 18.6 Å². The molecule has 0 aromatic heterocycles. The molecule has 1 aliphatic heterocycles. The lowest BCUT2D eigenvalue weighted by atomic mass is 10.1. The molecule has 4 nitrogen and oxygen atoms in total. The summed E-state index contributed by atoms with van der Waals surface area (Å²) in [6.07, 6.45) is 0. The summed E-state index contributed by atoms with van der Waals surface area (Å²) in [4.78, 5) is 13.7. The van der Waals surface area contributed by atoms with Gasteiger partial charge in [-0.1, -0.05) is 25.1 Å². The summed E-state index contributed by atoms with van der Waals surface area (Å²) in [6, 6.07) is 7.36. The maximum absolute atomic E-state index is 12.1. The van der Waals surface area contributed by atoms with Crippen LogP contribution in [-0.4, -0.2) is 43.3 Å². The second-order valence-corrected chi connectivity index (χ2v) is 7.17. The summed E-state index contributed by atoms with van der Waals surface area (Å²) in [5, 5.41) is -0.379. The molecule has 0 N–H and O–H groups in total. The first-order valence-corrected chi connectivity index (χ1v) is 7.73. The van der Waals surface area contributed by atoms with Crippen molar-refractivity contribution in [3.63, 3.8) is 0 Å². The molecule has 1 amide bonds. The van der Waals surface area contributed by atoms with Gasteiger partial charge in [-0.15, -0.1) is 0 Å². The number of carbonyl (C=O) groups excluding carboxylic acids is 1. The minimum atomic E-state index is -3.01. The van der Waals surface area contributed by atoms with Crippen LogP contribution >= 0.6 is 0 Å². The fourth-order valence-electron chi connectivity index (χ4n) is 2.05. The topological polar surface area (TPSA) is 54.5 Å². The molecule has 1 aromatic carbocycles. The quantitative estimate of drug-likeness (QED) is 0.828. The van der Waals surface area contributed by atoms with Crippen LogP contribution in [0.1, 0.15) is 22.8 Å². The van der Waals surface area contributed by atoms with Gasteiger partial charge in [-0.25, -0.2) is 8.42 Å². The molecule has 0 radical (unpaired) electrons. The smallest absolute Gasteiger partial charge is 0.254 e. The highest BCUT2D eigenvalue weighted by atomic mass is 32.2. The highest BCUT2D eigenvalue weighted by molar-refractivity contribution is 7.92. The van der Waals surface area contributed by atoms with E-state index < -0.39 is 9.84 Å². The van der Waals surface area contributed by atoms with Crippen LogP contribution in [0.4, 0.5) is 0 Å². The predicted octanol–water partition coefficient (Wildman–Crippen LogP) is 1.25. The molecule has 0 saturated carbocycles. The minimum Gasteiger partial charge on any atom is -0.336 e. The summed E-state index contributed by atoms with van der Waals surface area (Å²) in [5.41, 5.74) is 1.58. The molecule has 1 saturated heterocycles. The zero-order chi connectivity index (χ0) is 13.3. The molecule has 1 heterocycles. The molecule has 5 heteroatoms. The fraction of sp³-hybridized carbons (Fsp3) is 0.462. The van der Waals surface area contributed by atoms with Crippen molar-refractivity contribution in [1.82, 2.24) is 4.90 Å². The van der Waals surface area contributed by atoms with E-state index >= 15 is 0 Å². The van der Waals surface area contributed by atoms with Gasteiger partial charge in [-0.3, -0.25) is 4.79 Å². The Hall–Kier alpha value is -1.36. The largest absolute Gasteiger partial charge is 0.336 e. The van der Waals surface area contributed by atoms with Crippen molar-refractivity contribution in [1.29, 1.82) is 0 Å². The van der Waals surface area contributed by atoms with Crippen LogP contribution < -0.4 is 0 Å². The van der Waals surface area contributed by atoms with Crippen molar-refractivity contribution < 1.29 is 13.2 Å². The van der Waals surface area contributed by atoms with Crippen LogP contribution in [0.15, 0.2) is 24.3 Å². The zero-order valence-electron chi connectivity index (χ0n) is 10.6. The van der Waals surface area contributed by atoms with Gasteiger partial charge in [0.2, 0.25) is 0 Å². The summed E-state index contributed by atoms with van der Waals surface area (Å²) in [7, 11) is -3.01. The average Bonchev–Trinajstić information content (AvgIpc) is 2.27.